The molecule has 0 atom stereocenters. The van der Waals surface area contributed by atoms with E-state index in [-0.39, 0.29) is 5.91 Å². The van der Waals surface area contributed by atoms with Gasteiger partial charge < -0.3 is 5.32 Å². The summed E-state index contributed by atoms with van der Waals surface area (Å²) in [7, 11) is 0. The van der Waals surface area contributed by atoms with Crippen molar-refractivity contribution >= 4 is 5.91 Å². The molecule has 1 aromatic carbocycles. The van der Waals surface area contributed by atoms with Crippen LogP contribution in [0.15, 0.2) is 24.3 Å². The maximum atomic E-state index is 11.5. The Labute approximate surface area is 128 Å². The minimum Gasteiger partial charge on any atom is -0.352 e. The van der Waals surface area contributed by atoms with E-state index >= 15 is 0 Å². The summed E-state index contributed by atoms with van der Waals surface area (Å²) >= 11 is 0. The molecule has 1 aromatic rings. The van der Waals surface area contributed by atoms with Crippen molar-refractivity contribution in [2.75, 3.05) is 13.1 Å². The number of carbonyl (C=O) groups excluding carboxylic acids is 1. The minimum atomic E-state index is 0.149. The molecular formula is C18H28N2O. The van der Waals surface area contributed by atoms with Crippen LogP contribution < -0.4 is 5.32 Å². The van der Waals surface area contributed by atoms with Gasteiger partial charge >= 0.3 is 0 Å². The van der Waals surface area contributed by atoms with Crippen LogP contribution >= 0.6 is 0 Å². The van der Waals surface area contributed by atoms with Gasteiger partial charge in [-0.15, -0.1) is 0 Å². The highest BCUT2D eigenvalue weighted by atomic mass is 16.1. The third kappa shape index (κ3) is 5.88. The van der Waals surface area contributed by atoms with Gasteiger partial charge in [-0.1, -0.05) is 44.0 Å². The first-order chi connectivity index (χ1) is 10.3. The normalized spacial score (nSPS) is 16.4. The standard InChI is InChI=1S/C18H28N2O/c1-2-8-18(21)19-14-16-9-7-10-17(13-16)15-20-11-5-3-4-6-12-20/h7,9-10,13H,2-6,8,11-12,14-15H2,1H3,(H,19,21). The summed E-state index contributed by atoms with van der Waals surface area (Å²) in [4.78, 5) is 14.1. The molecule has 0 radical (unpaired) electrons. The van der Waals surface area contributed by atoms with Gasteiger partial charge in [0.05, 0.1) is 0 Å². The molecule has 1 aliphatic heterocycles. The summed E-state index contributed by atoms with van der Waals surface area (Å²) in [6.07, 6.45) is 6.92. The molecule has 3 nitrogen and oxygen atoms in total. The number of benzene rings is 1. The van der Waals surface area contributed by atoms with Gasteiger partial charge in [0, 0.05) is 19.5 Å². The van der Waals surface area contributed by atoms with E-state index in [4.69, 9.17) is 0 Å². The number of carbonyl (C=O) groups is 1. The topological polar surface area (TPSA) is 32.3 Å². The van der Waals surface area contributed by atoms with Crippen LogP contribution in [0.4, 0.5) is 0 Å². The third-order valence-electron chi connectivity index (χ3n) is 4.06. The van der Waals surface area contributed by atoms with Crippen LogP contribution in [-0.4, -0.2) is 23.9 Å². The summed E-state index contributed by atoms with van der Waals surface area (Å²) in [6.45, 7) is 6.15. The Morgan fingerprint density at radius 2 is 1.86 bits per heavy atom. The Balaban J connectivity index is 1.86. The van der Waals surface area contributed by atoms with Gasteiger partial charge in [0.25, 0.3) is 0 Å². The SMILES string of the molecule is CCCC(=O)NCc1cccc(CN2CCCCCC2)c1. The van der Waals surface area contributed by atoms with Gasteiger partial charge in [0.1, 0.15) is 0 Å². The second kappa shape index (κ2) is 8.83. The maximum absolute atomic E-state index is 11.5. The van der Waals surface area contributed by atoms with Gasteiger partial charge in [-0.25, -0.2) is 0 Å². The van der Waals surface area contributed by atoms with Gasteiger partial charge in [-0.3, -0.25) is 9.69 Å². The van der Waals surface area contributed by atoms with E-state index in [1.165, 1.54) is 49.9 Å². The number of hydrogen-bond donors (Lipinski definition) is 1. The first kappa shape index (κ1) is 16.0. The molecule has 1 amide bonds. The lowest BCUT2D eigenvalue weighted by atomic mass is 10.1. The highest BCUT2D eigenvalue weighted by Crippen LogP contribution is 2.14. The van der Waals surface area contributed by atoms with Crippen LogP contribution in [0.2, 0.25) is 0 Å². The van der Waals surface area contributed by atoms with Crippen LogP contribution in [0.3, 0.4) is 0 Å². The fourth-order valence-electron chi connectivity index (χ4n) is 2.91. The van der Waals surface area contributed by atoms with Crippen molar-refractivity contribution in [3.8, 4) is 0 Å². The zero-order valence-electron chi connectivity index (χ0n) is 13.2. The van der Waals surface area contributed by atoms with E-state index in [1.807, 2.05) is 6.92 Å². The smallest absolute Gasteiger partial charge is 0.220 e. The second-order valence-corrected chi connectivity index (χ2v) is 6.04. The predicted molar refractivity (Wildman–Crippen MR) is 86.9 cm³/mol. The number of amides is 1. The highest BCUT2D eigenvalue weighted by Gasteiger charge is 2.09. The van der Waals surface area contributed by atoms with Crippen molar-refractivity contribution in [1.29, 1.82) is 0 Å². The summed E-state index contributed by atoms with van der Waals surface area (Å²) < 4.78 is 0. The fraction of sp³-hybridized carbons (Fsp3) is 0.611. The van der Waals surface area contributed by atoms with Crippen LogP contribution in [0, 0.1) is 0 Å². The lowest BCUT2D eigenvalue weighted by Gasteiger charge is -2.20. The molecule has 0 spiro atoms. The Morgan fingerprint density at radius 1 is 1.14 bits per heavy atom. The molecule has 0 bridgehead atoms. The van der Waals surface area contributed by atoms with Gasteiger partial charge in [0.2, 0.25) is 5.91 Å². The largest absolute Gasteiger partial charge is 0.352 e. The molecule has 21 heavy (non-hydrogen) atoms. The molecule has 1 N–H and O–H groups in total. The van der Waals surface area contributed by atoms with E-state index in [0.717, 1.165) is 13.0 Å². The van der Waals surface area contributed by atoms with Crippen molar-refractivity contribution in [3.63, 3.8) is 0 Å². The van der Waals surface area contributed by atoms with E-state index in [2.05, 4.69) is 34.5 Å². The average molecular weight is 288 g/mol. The lowest BCUT2D eigenvalue weighted by Crippen LogP contribution is -2.24. The predicted octanol–water partition coefficient (Wildman–Crippen LogP) is 3.48. The Kier molecular flexibility index (Phi) is 6.74. The first-order valence-corrected chi connectivity index (χ1v) is 8.35. The molecule has 1 saturated heterocycles. The summed E-state index contributed by atoms with van der Waals surface area (Å²) in [6, 6.07) is 8.63. The Morgan fingerprint density at radius 3 is 2.57 bits per heavy atom. The molecule has 1 fully saturated rings. The highest BCUT2D eigenvalue weighted by molar-refractivity contribution is 5.75. The summed E-state index contributed by atoms with van der Waals surface area (Å²) in [5.41, 5.74) is 2.56. The van der Waals surface area contributed by atoms with Gasteiger partial charge in [0.15, 0.2) is 0 Å². The molecule has 2 rings (SSSR count). The number of nitrogens with zero attached hydrogens (tertiary/aromatic N) is 1. The maximum Gasteiger partial charge on any atom is 0.220 e. The Hall–Kier alpha value is -1.35. The zero-order valence-corrected chi connectivity index (χ0v) is 13.2. The van der Waals surface area contributed by atoms with E-state index < -0.39 is 0 Å². The molecule has 0 saturated carbocycles. The van der Waals surface area contributed by atoms with E-state index in [0.29, 0.717) is 13.0 Å². The third-order valence-corrected chi connectivity index (χ3v) is 4.06. The van der Waals surface area contributed by atoms with Gasteiger partial charge in [-0.2, -0.15) is 0 Å². The van der Waals surface area contributed by atoms with E-state index in [1.54, 1.807) is 0 Å². The Bertz CT molecular complexity index is 437. The minimum absolute atomic E-state index is 0.149. The molecule has 0 aliphatic carbocycles. The number of likely N-dealkylation sites (tertiary alicyclic amines) is 1. The summed E-state index contributed by atoms with van der Waals surface area (Å²) in [5.74, 6) is 0.149. The monoisotopic (exact) mass is 288 g/mol. The van der Waals surface area contributed by atoms with Crippen molar-refractivity contribution < 1.29 is 4.79 Å². The number of nitrogens with one attached hydrogen (secondary N) is 1. The average Bonchev–Trinajstić information content (AvgIpc) is 2.75. The molecule has 116 valence electrons. The van der Waals surface area contributed by atoms with Gasteiger partial charge in [-0.05, 0) is 43.5 Å². The first-order valence-electron chi connectivity index (χ1n) is 8.35. The molecule has 0 unspecified atom stereocenters. The lowest BCUT2D eigenvalue weighted by molar-refractivity contribution is -0.121. The summed E-state index contributed by atoms with van der Waals surface area (Å²) in [5, 5.41) is 2.99. The second-order valence-electron chi connectivity index (χ2n) is 6.04. The number of rotatable bonds is 6. The van der Waals surface area contributed by atoms with Crippen LogP contribution in [0.1, 0.15) is 56.6 Å². The van der Waals surface area contributed by atoms with Crippen LogP contribution in [0.25, 0.3) is 0 Å². The van der Waals surface area contributed by atoms with Crippen molar-refractivity contribution in [2.24, 2.45) is 0 Å². The number of hydrogen-bond acceptors (Lipinski definition) is 2. The molecule has 1 aliphatic rings. The molecule has 3 heteroatoms. The quantitative estimate of drug-likeness (QED) is 0.869. The molecular weight excluding hydrogens is 260 g/mol. The molecule has 1 heterocycles. The van der Waals surface area contributed by atoms with Crippen LogP contribution in [-0.2, 0) is 17.9 Å². The van der Waals surface area contributed by atoms with Crippen LogP contribution in [0.5, 0.6) is 0 Å². The van der Waals surface area contributed by atoms with Crippen molar-refractivity contribution in [3.05, 3.63) is 35.4 Å². The van der Waals surface area contributed by atoms with E-state index in [9.17, 15) is 4.79 Å². The van der Waals surface area contributed by atoms with Crippen molar-refractivity contribution in [2.45, 2.75) is 58.5 Å². The molecule has 0 aromatic heterocycles. The zero-order chi connectivity index (χ0) is 14.9. The fourth-order valence-corrected chi connectivity index (χ4v) is 2.91. The van der Waals surface area contributed by atoms with Crippen molar-refractivity contribution in [1.82, 2.24) is 10.2 Å².